The van der Waals surface area contributed by atoms with Gasteiger partial charge in [-0.05, 0) is 48.9 Å². The summed E-state index contributed by atoms with van der Waals surface area (Å²) in [5, 5.41) is 11.0. The molecule has 0 radical (unpaired) electrons. The second-order valence-electron chi connectivity index (χ2n) is 7.24. The monoisotopic (exact) mass is 431 g/mol. The maximum absolute atomic E-state index is 13.3. The topological polar surface area (TPSA) is 76.2 Å². The van der Waals surface area contributed by atoms with Gasteiger partial charge >= 0.3 is 6.01 Å². The van der Waals surface area contributed by atoms with Crippen LogP contribution in [0.4, 0.5) is 6.01 Å². The molecule has 2 aromatic carbocycles. The lowest BCUT2D eigenvalue weighted by atomic mass is 10.1. The number of aromatic nitrogens is 3. The van der Waals surface area contributed by atoms with Gasteiger partial charge in [-0.2, -0.15) is 0 Å². The number of rotatable bonds is 5. The Labute approximate surface area is 183 Å². The van der Waals surface area contributed by atoms with Crippen molar-refractivity contribution in [1.29, 1.82) is 0 Å². The molecule has 1 aliphatic rings. The van der Waals surface area contributed by atoms with Gasteiger partial charge in [0.1, 0.15) is 0 Å². The van der Waals surface area contributed by atoms with Crippen LogP contribution in [0.5, 0.6) is 0 Å². The summed E-state index contributed by atoms with van der Waals surface area (Å²) in [5.41, 5.74) is 6.56. The van der Waals surface area contributed by atoms with Gasteiger partial charge in [0.2, 0.25) is 0 Å². The van der Waals surface area contributed by atoms with Gasteiger partial charge in [-0.25, -0.2) is 5.01 Å². The molecule has 0 aliphatic carbocycles. The van der Waals surface area contributed by atoms with Gasteiger partial charge in [-0.1, -0.05) is 40.5 Å². The minimum atomic E-state index is -0.319. The average molecular weight is 432 g/mol. The molecular weight excluding hydrogens is 414 g/mol. The highest BCUT2D eigenvalue weighted by Crippen LogP contribution is 2.27. The second-order valence-corrected chi connectivity index (χ2v) is 7.67. The van der Waals surface area contributed by atoms with E-state index >= 15 is 0 Å². The number of anilines is 1. The third kappa shape index (κ3) is 3.71. The molecular formula is C23H18ClN5O2. The van der Waals surface area contributed by atoms with E-state index in [-0.39, 0.29) is 17.7 Å². The lowest BCUT2D eigenvalue weighted by molar-refractivity contribution is 0.100. The molecule has 0 fully saturated rings. The zero-order valence-electron chi connectivity index (χ0n) is 16.6. The number of nitrogens with one attached hydrogen (secondary N) is 1. The molecule has 0 unspecified atom stereocenters. The van der Waals surface area contributed by atoms with Gasteiger partial charge in [0, 0.05) is 41.1 Å². The van der Waals surface area contributed by atoms with Crippen molar-refractivity contribution in [3.05, 3.63) is 101 Å². The number of hydrogen-bond acceptors (Lipinski definition) is 6. The van der Waals surface area contributed by atoms with E-state index in [1.165, 1.54) is 5.01 Å². The van der Waals surface area contributed by atoms with Gasteiger partial charge in [-0.15, -0.1) is 5.10 Å². The molecule has 5 rings (SSSR count). The lowest BCUT2D eigenvalue weighted by Gasteiger charge is -2.16. The van der Waals surface area contributed by atoms with Crippen LogP contribution in [-0.4, -0.2) is 20.5 Å². The minimum absolute atomic E-state index is 0.0631. The largest absolute Gasteiger partial charge is 0.398 e. The fraction of sp³-hybridized carbons (Fsp3) is 0.0870. The average Bonchev–Trinajstić information content (AvgIpc) is 3.41. The van der Waals surface area contributed by atoms with Crippen LogP contribution in [0.15, 0.2) is 77.6 Å². The lowest BCUT2D eigenvalue weighted by Crippen LogP contribution is -2.30. The van der Waals surface area contributed by atoms with Crippen molar-refractivity contribution in [1.82, 2.24) is 20.2 Å². The molecule has 0 atom stereocenters. The summed E-state index contributed by atoms with van der Waals surface area (Å²) in [6.07, 6.45) is 8.93. The Balaban J connectivity index is 1.52. The van der Waals surface area contributed by atoms with Crippen LogP contribution in [0.2, 0.25) is 5.02 Å². The number of fused-ring (bicyclic) bond motifs is 1. The van der Waals surface area contributed by atoms with E-state index in [0.29, 0.717) is 17.1 Å². The molecule has 0 saturated heterocycles. The number of ketones is 1. The van der Waals surface area contributed by atoms with Gasteiger partial charge in [0.15, 0.2) is 0 Å². The predicted molar refractivity (Wildman–Crippen MR) is 119 cm³/mol. The zero-order valence-corrected chi connectivity index (χ0v) is 17.4. The molecule has 0 amide bonds. The van der Waals surface area contributed by atoms with Gasteiger partial charge in [-0.3, -0.25) is 10.2 Å². The maximum Gasteiger partial charge on any atom is 0.342 e. The Morgan fingerprint density at radius 2 is 1.97 bits per heavy atom. The van der Waals surface area contributed by atoms with Gasteiger partial charge in [0.05, 0.1) is 5.56 Å². The molecule has 1 N–H and O–H groups in total. The highest BCUT2D eigenvalue weighted by molar-refractivity contribution is 6.30. The van der Waals surface area contributed by atoms with Crippen LogP contribution in [0.3, 0.4) is 0 Å². The van der Waals surface area contributed by atoms with Gasteiger partial charge < -0.3 is 8.98 Å². The van der Waals surface area contributed by atoms with Crippen molar-refractivity contribution in [2.75, 3.05) is 5.01 Å². The van der Waals surface area contributed by atoms with Crippen LogP contribution in [0.25, 0.3) is 10.9 Å². The van der Waals surface area contributed by atoms with E-state index < -0.39 is 0 Å². The molecule has 4 aromatic rings. The number of halogens is 1. The van der Waals surface area contributed by atoms with Crippen molar-refractivity contribution in [2.45, 2.75) is 13.5 Å². The van der Waals surface area contributed by atoms with E-state index in [2.05, 4.69) is 15.6 Å². The SMILES string of the molecule is Cc1ccc2c(c1)c(C(=O)c1nnc(N3C=CC=CN3)o1)cn2Cc1ccc(Cl)cc1. The predicted octanol–water partition coefficient (Wildman–Crippen LogP) is 4.62. The van der Waals surface area contributed by atoms with Crippen molar-refractivity contribution in [3.63, 3.8) is 0 Å². The number of aryl methyl sites for hydroxylation is 1. The molecule has 1 aliphatic heterocycles. The first-order valence-corrected chi connectivity index (χ1v) is 10.1. The molecule has 154 valence electrons. The number of hydrazine groups is 1. The Kier molecular flexibility index (Phi) is 4.80. The van der Waals surface area contributed by atoms with E-state index in [0.717, 1.165) is 22.0 Å². The first kappa shape index (κ1) is 19.1. The first-order chi connectivity index (χ1) is 15.1. The van der Waals surface area contributed by atoms with Crippen molar-refractivity contribution < 1.29 is 9.21 Å². The van der Waals surface area contributed by atoms with Gasteiger partial charge in [0.25, 0.3) is 11.7 Å². The van der Waals surface area contributed by atoms with Crippen molar-refractivity contribution in [2.24, 2.45) is 0 Å². The van der Waals surface area contributed by atoms with E-state index in [1.54, 1.807) is 12.4 Å². The normalized spacial score (nSPS) is 13.0. The summed E-state index contributed by atoms with van der Waals surface area (Å²) in [7, 11) is 0. The minimum Gasteiger partial charge on any atom is -0.398 e. The number of carbonyl (C=O) groups is 1. The summed E-state index contributed by atoms with van der Waals surface area (Å²) < 4.78 is 7.69. The molecule has 2 aromatic heterocycles. The molecule has 0 bridgehead atoms. The Morgan fingerprint density at radius 3 is 2.74 bits per heavy atom. The summed E-state index contributed by atoms with van der Waals surface area (Å²) in [4.78, 5) is 13.3. The standard InChI is InChI=1S/C23H18ClN5O2/c1-15-4-9-20-18(12-15)19(14-28(20)13-16-5-7-17(24)8-6-16)21(30)22-26-27-23(31-22)29-11-3-2-10-25-29/h2-12,14,25H,13H2,1H3. The fourth-order valence-electron chi connectivity index (χ4n) is 3.51. The molecule has 0 saturated carbocycles. The Hall–Kier alpha value is -3.84. The quantitative estimate of drug-likeness (QED) is 0.465. The van der Waals surface area contributed by atoms with E-state index in [9.17, 15) is 4.79 Å². The number of hydrogen-bond donors (Lipinski definition) is 1. The van der Waals surface area contributed by atoms with Crippen LogP contribution >= 0.6 is 11.6 Å². The van der Waals surface area contributed by atoms with Crippen molar-refractivity contribution >= 4 is 34.3 Å². The summed E-state index contributed by atoms with van der Waals surface area (Å²) in [6.45, 7) is 2.60. The van der Waals surface area contributed by atoms with Crippen LogP contribution < -0.4 is 10.4 Å². The Bertz CT molecular complexity index is 1330. The second kappa shape index (κ2) is 7.77. The molecule has 0 spiro atoms. The number of carbonyl (C=O) groups excluding carboxylic acids is 1. The van der Waals surface area contributed by atoms with Crippen LogP contribution in [0.1, 0.15) is 27.4 Å². The third-order valence-electron chi connectivity index (χ3n) is 5.02. The smallest absolute Gasteiger partial charge is 0.342 e. The number of nitrogens with zero attached hydrogens (tertiary/aromatic N) is 4. The van der Waals surface area contributed by atoms with E-state index in [4.69, 9.17) is 16.0 Å². The van der Waals surface area contributed by atoms with Crippen LogP contribution in [-0.2, 0) is 6.54 Å². The Morgan fingerprint density at radius 1 is 1.13 bits per heavy atom. The van der Waals surface area contributed by atoms with E-state index in [1.807, 2.05) is 72.3 Å². The molecule has 3 heterocycles. The third-order valence-corrected chi connectivity index (χ3v) is 5.27. The zero-order chi connectivity index (χ0) is 21.4. The molecule has 8 heteroatoms. The van der Waals surface area contributed by atoms with Crippen molar-refractivity contribution in [3.8, 4) is 0 Å². The number of allylic oxidation sites excluding steroid dienone is 2. The summed E-state index contributed by atoms with van der Waals surface area (Å²) in [6, 6.07) is 13.9. The molecule has 31 heavy (non-hydrogen) atoms. The number of benzene rings is 2. The van der Waals surface area contributed by atoms with Crippen LogP contribution in [0, 0.1) is 6.92 Å². The highest BCUT2D eigenvalue weighted by atomic mass is 35.5. The maximum atomic E-state index is 13.3. The first-order valence-electron chi connectivity index (χ1n) is 9.69. The summed E-state index contributed by atoms with van der Waals surface area (Å²) in [5.74, 6) is -0.382. The fourth-order valence-corrected chi connectivity index (χ4v) is 3.63. The molecule has 7 nitrogen and oxygen atoms in total. The highest BCUT2D eigenvalue weighted by Gasteiger charge is 2.23. The summed E-state index contributed by atoms with van der Waals surface area (Å²) >= 11 is 6.01.